The summed E-state index contributed by atoms with van der Waals surface area (Å²) < 4.78 is 0. The van der Waals surface area contributed by atoms with Crippen LogP contribution in [-0.4, -0.2) is 37.0 Å². The number of amides is 1. The third kappa shape index (κ3) is 2.89. The third-order valence-electron chi connectivity index (χ3n) is 4.18. The molecular weight excluding hydrogens is 250 g/mol. The van der Waals surface area contributed by atoms with Crippen LogP contribution in [0, 0.1) is 5.41 Å². The second-order valence-electron chi connectivity index (χ2n) is 6.57. The van der Waals surface area contributed by atoms with E-state index in [9.17, 15) is 4.79 Å². The van der Waals surface area contributed by atoms with Crippen LogP contribution < -0.4 is 10.6 Å². The molecule has 0 saturated heterocycles. The molecule has 1 aromatic rings. The van der Waals surface area contributed by atoms with Gasteiger partial charge in [0.15, 0.2) is 0 Å². The highest BCUT2D eigenvalue weighted by Crippen LogP contribution is 2.28. The van der Waals surface area contributed by atoms with E-state index in [2.05, 4.69) is 38.3 Å². The lowest BCUT2D eigenvalue weighted by atomic mass is 9.87. The molecule has 1 aliphatic rings. The van der Waals surface area contributed by atoms with Crippen LogP contribution in [0.5, 0.6) is 0 Å². The summed E-state index contributed by atoms with van der Waals surface area (Å²) >= 11 is 0. The van der Waals surface area contributed by atoms with E-state index < -0.39 is 0 Å². The van der Waals surface area contributed by atoms with E-state index in [1.165, 1.54) is 0 Å². The summed E-state index contributed by atoms with van der Waals surface area (Å²) in [5.41, 5.74) is 2.88. The van der Waals surface area contributed by atoms with Crippen molar-refractivity contribution < 1.29 is 4.79 Å². The average molecular weight is 275 g/mol. The normalized spacial score (nSPS) is 15.7. The molecule has 0 fully saturated rings. The van der Waals surface area contributed by atoms with Gasteiger partial charge in [0.25, 0.3) is 5.91 Å². The zero-order chi connectivity index (χ0) is 14.9. The quantitative estimate of drug-likeness (QED) is 0.872. The number of benzene rings is 1. The van der Waals surface area contributed by atoms with Crippen LogP contribution in [0.15, 0.2) is 18.2 Å². The van der Waals surface area contributed by atoms with Crippen molar-refractivity contribution in [2.75, 3.05) is 30.8 Å². The second-order valence-corrected chi connectivity index (χ2v) is 6.57. The number of nitrogens with zero attached hydrogens (tertiary/aromatic N) is 1. The van der Waals surface area contributed by atoms with Crippen molar-refractivity contribution in [2.24, 2.45) is 5.41 Å². The summed E-state index contributed by atoms with van der Waals surface area (Å²) in [6, 6.07) is 5.99. The highest BCUT2D eigenvalue weighted by atomic mass is 16.2. The molecule has 4 nitrogen and oxygen atoms in total. The second kappa shape index (κ2) is 5.35. The van der Waals surface area contributed by atoms with Crippen LogP contribution in [0.3, 0.4) is 0 Å². The third-order valence-corrected chi connectivity index (χ3v) is 4.18. The predicted octanol–water partition coefficient (Wildman–Crippen LogP) is 3.03. The maximum Gasteiger partial charge on any atom is 0.253 e. The number of anilines is 2. The number of fused-ring (bicyclic) bond motifs is 1. The molecule has 1 unspecified atom stereocenters. The molecule has 0 spiro atoms. The summed E-state index contributed by atoms with van der Waals surface area (Å²) in [5.74, 6) is 0.0719. The zero-order valence-electron chi connectivity index (χ0n) is 13.1. The van der Waals surface area contributed by atoms with Crippen LogP contribution >= 0.6 is 0 Å². The Labute approximate surface area is 121 Å². The van der Waals surface area contributed by atoms with E-state index in [1.807, 2.05) is 30.1 Å². The van der Waals surface area contributed by atoms with Crippen molar-refractivity contribution in [1.82, 2.24) is 4.90 Å². The lowest BCUT2D eigenvalue weighted by Crippen LogP contribution is -2.43. The van der Waals surface area contributed by atoms with Gasteiger partial charge >= 0.3 is 0 Å². The first-order chi connectivity index (χ1) is 9.30. The topological polar surface area (TPSA) is 44.4 Å². The summed E-state index contributed by atoms with van der Waals surface area (Å²) in [6.07, 6.45) is 0. The smallest absolute Gasteiger partial charge is 0.253 e. The van der Waals surface area contributed by atoms with Gasteiger partial charge < -0.3 is 15.5 Å². The first-order valence-electron chi connectivity index (χ1n) is 7.19. The Morgan fingerprint density at radius 2 is 1.80 bits per heavy atom. The van der Waals surface area contributed by atoms with Gasteiger partial charge in [0.2, 0.25) is 0 Å². The molecule has 20 heavy (non-hydrogen) atoms. The van der Waals surface area contributed by atoms with Gasteiger partial charge in [0.05, 0.1) is 11.4 Å². The van der Waals surface area contributed by atoms with Gasteiger partial charge in [0.1, 0.15) is 0 Å². The van der Waals surface area contributed by atoms with Crippen LogP contribution in [0.1, 0.15) is 38.1 Å². The SMILES string of the molecule is CC(N(C)C(=O)c1ccc2c(c1)NCCN2)C(C)(C)C. The van der Waals surface area contributed by atoms with Crippen LogP contribution in [0.25, 0.3) is 0 Å². The van der Waals surface area contributed by atoms with Gasteiger partial charge in [-0.2, -0.15) is 0 Å². The summed E-state index contributed by atoms with van der Waals surface area (Å²) in [4.78, 5) is 14.4. The van der Waals surface area contributed by atoms with Gasteiger partial charge in [-0.1, -0.05) is 20.8 Å². The molecule has 0 radical (unpaired) electrons. The fourth-order valence-corrected chi connectivity index (χ4v) is 2.33. The van der Waals surface area contributed by atoms with Crippen molar-refractivity contribution in [2.45, 2.75) is 33.7 Å². The van der Waals surface area contributed by atoms with E-state index in [4.69, 9.17) is 0 Å². The predicted molar refractivity (Wildman–Crippen MR) is 84.4 cm³/mol. The Morgan fingerprint density at radius 1 is 1.20 bits per heavy atom. The molecule has 4 heteroatoms. The van der Waals surface area contributed by atoms with Crippen LogP contribution in [0.2, 0.25) is 0 Å². The molecule has 110 valence electrons. The number of rotatable bonds is 2. The summed E-state index contributed by atoms with van der Waals surface area (Å²) in [7, 11) is 1.88. The highest BCUT2D eigenvalue weighted by molar-refractivity contribution is 5.96. The number of hydrogen-bond donors (Lipinski definition) is 2. The Morgan fingerprint density at radius 3 is 2.40 bits per heavy atom. The molecule has 1 aromatic carbocycles. The molecule has 0 aliphatic carbocycles. The minimum absolute atomic E-state index is 0.0679. The lowest BCUT2D eigenvalue weighted by molar-refractivity contribution is 0.0629. The van der Waals surface area contributed by atoms with E-state index >= 15 is 0 Å². The fourth-order valence-electron chi connectivity index (χ4n) is 2.33. The zero-order valence-corrected chi connectivity index (χ0v) is 13.1. The Balaban J connectivity index is 2.21. The molecule has 2 N–H and O–H groups in total. The first-order valence-corrected chi connectivity index (χ1v) is 7.19. The number of hydrogen-bond acceptors (Lipinski definition) is 3. The molecule has 1 amide bonds. The molecule has 1 atom stereocenters. The first kappa shape index (κ1) is 14.7. The Bertz CT molecular complexity index is 505. The van der Waals surface area contributed by atoms with Gasteiger partial charge in [-0.25, -0.2) is 0 Å². The molecule has 1 aliphatic heterocycles. The van der Waals surface area contributed by atoms with Crippen molar-refractivity contribution in [1.29, 1.82) is 0 Å². The van der Waals surface area contributed by atoms with E-state index in [0.717, 1.165) is 30.0 Å². The average Bonchev–Trinajstić information content (AvgIpc) is 2.43. The minimum atomic E-state index is 0.0679. The monoisotopic (exact) mass is 275 g/mol. The summed E-state index contributed by atoms with van der Waals surface area (Å²) in [6.45, 7) is 10.4. The number of carbonyl (C=O) groups is 1. The molecule has 1 heterocycles. The maximum absolute atomic E-state index is 12.6. The van der Waals surface area contributed by atoms with Crippen LogP contribution in [-0.2, 0) is 0 Å². The molecule has 0 saturated carbocycles. The van der Waals surface area contributed by atoms with Crippen molar-refractivity contribution in [3.05, 3.63) is 23.8 Å². The molecule has 2 rings (SSSR count). The Kier molecular flexibility index (Phi) is 3.93. The van der Waals surface area contributed by atoms with Crippen molar-refractivity contribution >= 4 is 17.3 Å². The molecule has 0 aromatic heterocycles. The van der Waals surface area contributed by atoms with E-state index in [-0.39, 0.29) is 17.4 Å². The van der Waals surface area contributed by atoms with Gasteiger partial charge in [-0.05, 0) is 30.5 Å². The lowest BCUT2D eigenvalue weighted by Gasteiger charge is -2.35. The van der Waals surface area contributed by atoms with Gasteiger partial charge in [-0.15, -0.1) is 0 Å². The minimum Gasteiger partial charge on any atom is -0.382 e. The number of nitrogens with one attached hydrogen (secondary N) is 2. The Hall–Kier alpha value is -1.71. The highest BCUT2D eigenvalue weighted by Gasteiger charge is 2.27. The van der Waals surface area contributed by atoms with Crippen LogP contribution in [0.4, 0.5) is 11.4 Å². The van der Waals surface area contributed by atoms with E-state index in [0.29, 0.717) is 0 Å². The fraction of sp³-hybridized carbons (Fsp3) is 0.562. The summed E-state index contributed by atoms with van der Waals surface area (Å²) in [5, 5.41) is 6.64. The maximum atomic E-state index is 12.6. The van der Waals surface area contributed by atoms with Gasteiger partial charge in [-0.3, -0.25) is 4.79 Å². The largest absolute Gasteiger partial charge is 0.382 e. The molecular formula is C16H25N3O. The van der Waals surface area contributed by atoms with Crippen molar-refractivity contribution in [3.63, 3.8) is 0 Å². The molecule has 0 bridgehead atoms. The standard InChI is InChI=1S/C16H25N3O/c1-11(16(2,3)4)19(5)15(20)12-6-7-13-14(10-12)18-9-8-17-13/h6-7,10-11,17-18H,8-9H2,1-5H3. The van der Waals surface area contributed by atoms with Gasteiger partial charge in [0, 0.05) is 31.7 Å². The van der Waals surface area contributed by atoms with E-state index in [1.54, 1.807) is 0 Å². The number of carbonyl (C=O) groups excluding carboxylic acids is 1. The van der Waals surface area contributed by atoms with Crippen molar-refractivity contribution in [3.8, 4) is 0 Å².